The molecule has 2 N–H and O–H groups in total. The Kier molecular flexibility index (Phi) is 4.54. The van der Waals surface area contributed by atoms with Crippen molar-refractivity contribution in [3.63, 3.8) is 0 Å². The van der Waals surface area contributed by atoms with Crippen LogP contribution in [0.25, 0.3) is 0 Å². The lowest BCUT2D eigenvalue weighted by atomic mass is 10.0. The maximum atomic E-state index is 12.0. The molecule has 1 saturated heterocycles. The van der Waals surface area contributed by atoms with Gasteiger partial charge in [-0.1, -0.05) is 13.8 Å². The minimum atomic E-state index is -0.373. The molecule has 4 nitrogen and oxygen atoms in total. The molecule has 0 aromatic heterocycles. The van der Waals surface area contributed by atoms with Crippen molar-refractivity contribution in [1.82, 2.24) is 4.90 Å². The molecule has 0 aromatic rings. The van der Waals surface area contributed by atoms with Crippen molar-refractivity contribution in [3.8, 4) is 0 Å². The van der Waals surface area contributed by atoms with Gasteiger partial charge in [0, 0.05) is 13.7 Å². The van der Waals surface area contributed by atoms with Gasteiger partial charge in [0.1, 0.15) is 0 Å². The van der Waals surface area contributed by atoms with Crippen LogP contribution in [0.4, 0.5) is 0 Å². The Morgan fingerprint density at radius 1 is 1.60 bits per heavy atom. The van der Waals surface area contributed by atoms with E-state index < -0.39 is 0 Å². The first-order valence-electron chi connectivity index (χ1n) is 5.63. The van der Waals surface area contributed by atoms with Crippen LogP contribution in [0, 0.1) is 5.92 Å². The number of amides is 1. The van der Waals surface area contributed by atoms with E-state index in [1.54, 1.807) is 7.11 Å². The number of nitrogens with two attached hydrogens (primary N) is 1. The zero-order chi connectivity index (χ0) is 11.4. The first-order chi connectivity index (χ1) is 7.07. The van der Waals surface area contributed by atoms with Crippen molar-refractivity contribution >= 4 is 5.91 Å². The molecule has 1 fully saturated rings. The summed E-state index contributed by atoms with van der Waals surface area (Å²) in [6.45, 7) is 5.40. The summed E-state index contributed by atoms with van der Waals surface area (Å²) in [5.74, 6) is 0.269. The summed E-state index contributed by atoms with van der Waals surface area (Å²) >= 11 is 0. The van der Waals surface area contributed by atoms with Crippen LogP contribution < -0.4 is 5.73 Å². The van der Waals surface area contributed by atoms with E-state index in [-0.39, 0.29) is 23.9 Å². The normalized spacial score (nSPS) is 23.5. The van der Waals surface area contributed by atoms with E-state index in [0.29, 0.717) is 6.61 Å². The lowest BCUT2D eigenvalue weighted by Gasteiger charge is -2.28. The minimum absolute atomic E-state index is 0.0737. The van der Waals surface area contributed by atoms with Crippen LogP contribution in [0.3, 0.4) is 0 Å². The molecule has 1 rings (SSSR count). The number of nitrogens with zero attached hydrogens (tertiary/aromatic N) is 1. The van der Waals surface area contributed by atoms with Gasteiger partial charge in [0.15, 0.2) is 0 Å². The van der Waals surface area contributed by atoms with E-state index in [4.69, 9.17) is 10.5 Å². The molecule has 1 heterocycles. The molecule has 1 aliphatic rings. The number of carbonyl (C=O) groups excluding carboxylic acids is 1. The van der Waals surface area contributed by atoms with Crippen molar-refractivity contribution in [2.45, 2.75) is 38.8 Å². The van der Waals surface area contributed by atoms with Crippen LogP contribution in [-0.2, 0) is 9.53 Å². The molecule has 1 amide bonds. The Morgan fingerprint density at radius 2 is 2.27 bits per heavy atom. The molecule has 0 bridgehead atoms. The van der Waals surface area contributed by atoms with Crippen LogP contribution in [0.2, 0.25) is 0 Å². The summed E-state index contributed by atoms with van der Waals surface area (Å²) in [7, 11) is 1.67. The standard InChI is InChI=1S/C11H22N2O2/c1-8(2)10(12)11(14)13-6-4-5-9(13)7-15-3/h8-10H,4-7,12H2,1-3H3. The van der Waals surface area contributed by atoms with E-state index in [1.165, 1.54) is 0 Å². The van der Waals surface area contributed by atoms with Crippen molar-refractivity contribution in [1.29, 1.82) is 0 Å². The van der Waals surface area contributed by atoms with Gasteiger partial charge in [-0.05, 0) is 18.8 Å². The first-order valence-corrected chi connectivity index (χ1v) is 5.63. The summed E-state index contributed by atoms with van der Waals surface area (Å²) in [6, 6.07) is -0.144. The van der Waals surface area contributed by atoms with Gasteiger partial charge in [0.25, 0.3) is 0 Å². The van der Waals surface area contributed by atoms with Crippen molar-refractivity contribution in [2.24, 2.45) is 11.7 Å². The molecular weight excluding hydrogens is 192 g/mol. The predicted octanol–water partition coefficient (Wildman–Crippen LogP) is 0.607. The fourth-order valence-electron chi connectivity index (χ4n) is 1.97. The molecule has 2 atom stereocenters. The molecular formula is C11H22N2O2. The third-order valence-corrected chi connectivity index (χ3v) is 3.02. The van der Waals surface area contributed by atoms with Crippen LogP contribution in [-0.4, -0.2) is 43.2 Å². The van der Waals surface area contributed by atoms with Gasteiger partial charge in [-0.15, -0.1) is 0 Å². The molecule has 88 valence electrons. The quantitative estimate of drug-likeness (QED) is 0.746. The van der Waals surface area contributed by atoms with Gasteiger partial charge < -0.3 is 15.4 Å². The zero-order valence-corrected chi connectivity index (χ0v) is 9.90. The summed E-state index contributed by atoms with van der Waals surface area (Å²) in [6.07, 6.45) is 2.09. The SMILES string of the molecule is COCC1CCCN1C(=O)C(N)C(C)C. The highest BCUT2D eigenvalue weighted by molar-refractivity contribution is 5.82. The minimum Gasteiger partial charge on any atom is -0.383 e. The monoisotopic (exact) mass is 214 g/mol. The number of rotatable bonds is 4. The van der Waals surface area contributed by atoms with Gasteiger partial charge in [-0.2, -0.15) is 0 Å². The molecule has 1 aliphatic heterocycles. The largest absolute Gasteiger partial charge is 0.383 e. The number of ether oxygens (including phenoxy) is 1. The summed E-state index contributed by atoms with van der Waals surface area (Å²) < 4.78 is 5.11. The average molecular weight is 214 g/mol. The second-order valence-corrected chi connectivity index (χ2v) is 4.55. The Bertz CT molecular complexity index is 219. The smallest absolute Gasteiger partial charge is 0.240 e. The maximum Gasteiger partial charge on any atom is 0.240 e. The summed E-state index contributed by atoms with van der Waals surface area (Å²) in [5, 5.41) is 0. The van der Waals surface area contributed by atoms with Crippen LogP contribution in [0.1, 0.15) is 26.7 Å². The zero-order valence-electron chi connectivity index (χ0n) is 9.90. The maximum absolute atomic E-state index is 12.0. The number of carbonyl (C=O) groups is 1. The van der Waals surface area contributed by atoms with E-state index in [1.807, 2.05) is 18.7 Å². The Balaban J connectivity index is 2.58. The van der Waals surface area contributed by atoms with Crippen molar-refractivity contribution in [3.05, 3.63) is 0 Å². The van der Waals surface area contributed by atoms with E-state index in [0.717, 1.165) is 19.4 Å². The lowest BCUT2D eigenvalue weighted by molar-refractivity contribution is -0.135. The number of hydrogen-bond donors (Lipinski definition) is 1. The number of likely N-dealkylation sites (tertiary alicyclic amines) is 1. The van der Waals surface area contributed by atoms with Crippen LogP contribution in [0.15, 0.2) is 0 Å². The fourth-order valence-corrected chi connectivity index (χ4v) is 1.97. The molecule has 2 unspecified atom stereocenters. The summed E-state index contributed by atoms with van der Waals surface area (Å²) in [5.41, 5.74) is 5.87. The third-order valence-electron chi connectivity index (χ3n) is 3.02. The Labute approximate surface area is 91.8 Å². The van der Waals surface area contributed by atoms with Crippen LogP contribution >= 0.6 is 0 Å². The molecule has 4 heteroatoms. The van der Waals surface area contributed by atoms with Crippen LogP contribution in [0.5, 0.6) is 0 Å². The molecule has 0 aromatic carbocycles. The van der Waals surface area contributed by atoms with E-state index in [9.17, 15) is 4.79 Å². The second kappa shape index (κ2) is 5.47. The number of methoxy groups -OCH3 is 1. The van der Waals surface area contributed by atoms with Crippen molar-refractivity contribution in [2.75, 3.05) is 20.3 Å². The Hall–Kier alpha value is -0.610. The molecule has 0 spiro atoms. The number of hydrogen-bond acceptors (Lipinski definition) is 3. The summed E-state index contributed by atoms with van der Waals surface area (Å²) in [4.78, 5) is 13.9. The second-order valence-electron chi connectivity index (χ2n) is 4.55. The molecule has 0 radical (unpaired) electrons. The third kappa shape index (κ3) is 2.92. The van der Waals surface area contributed by atoms with Gasteiger partial charge >= 0.3 is 0 Å². The Morgan fingerprint density at radius 3 is 2.80 bits per heavy atom. The first kappa shape index (κ1) is 12.5. The predicted molar refractivity (Wildman–Crippen MR) is 59.4 cm³/mol. The highest BCUT2D eigenvalue weighted by Gasteiger charge is 2.32. The molecule has 0 aliphatic carbocycles. The molecule has 0 saturated carbocycles. The van der Waals surface area contributed by atoms with Gasteiger partial charge in [-0.3, -0.25) is 4.79 Å². The van der Waals surface area contributed by atoms with Crippen molar-refractivity contribution < 1.29 is 9.53 Å². The molecule has 15 heavy (non-hydrogen) atoms. The van der Waals surface area contributed by atoms with E-state index >= 15 is 0 Å². The topological polar surface area (TPSA) is 55.6 Å². The fraction of sp³-hybridized carbons (Fsp3) is 0.909. The lowest BCUT2D eigenvalue weighted by Crippen LogP contribution is -2.49. The highest BCUT2D eigenvalue weighted by atomic mass is 16.5. The highest BCUT2D eigenvalue weighted by Crippen LogP contribution is 2.19. The van der Waals surface area contributed by atoms with Gasteiger partial charge in [0.2, 0.25) is 5.91 Å². The van der Waals surface area contributed by atoms with Gasteiger partial charge in [0.05, 0.1) is 18.7 Å². The van der Waals surface area contributed by atoms with Gasteiger partial charge in [-0.25, -0.2) is 0 Å². The average Bonchev–Trinajstić information content (AvgIpc) is 2.64. The van der Waals surface area contributed by atoms with E-state index in [2.05, 4.69) is 0 Å².